The van der Waals surface area contributed by atoms with E-state index in [1.807, 2.05) is 44.2 Å². The molecule has 0 fully saturated rings. The molecule has 0 N–H and O–H groups in total. The first-order valence-corrected chi connectivity index (χ1v) is 8.48. The zero-order valence-electron chi connectivity index (χ0n) is 12.5. The molecule has 0 saturated heterocycles. The highest BCUT2D eigenvalue weighted by molar-refractivity contribution is 7.90. The molecule has 0 aliphatic rings. The summed E-state index contributed by atoms with van der Waals surface area (Å²) in [6.07, 6.45) is 3.24. The van der Waals surface area contributed by atoms with Crippen LogP contribution in [0.5, 0.6) is 0 Å². The fourth-order valence-corrected chi connectivity index (χ4v) is 3.47. The van der Waals surface area contributed by atoms with Crippen LogP contribution in [0, 0.1) is 13.8 Å². The van der Waals surface area contributed by atoms with Crippen molar-refractivity contribution in [2.75, 3.05) is 0 Å². The number of hydrogen-bond donors (Lipinski definition) is 0. The highest BCUT2D eigenvalue weighted by Gasteiger charge is 2.16. The molecule has 1 aromatic heterocycles. The summed E-state index contributed by atoms with van der Waals surface area (Å²) >= 11 is 0. The fraction of sp³-hybridized carbons (Fsp3) is 0.111. The molecule has 0 radical (unpaired) electrons. The lowest BCUT2D eigenvalue weighted by Gasteiger charge is -2.06. The lowest BCUT2D eigenvalue weighted by Crippen LogP contribution is -2.10. The molecule has 2 aromatic carbocycles. The first-order chi connectivity index (χ1) is 10.5. The molecule has 0 bridgehead atoms. The van der Waals surface area contributed by atoms with Crippen molar-refractivity contribution in [2.24, 2.45) is 0 Å². The van der Waals surface area contributed by atoms with Gasteiger partial charge < -0.3 is 0 Å². The van der Waals surface area contributed by atoms with Crippen molar-refractivity contribution in [2.45, 2.75) is 18.7 Å². The van der Waals surface area contributed by atoms with Gasteiger partial charge in [0.1, 0.15) is 0 Å². The van der Waals surface area contributed by atoms with Crippen molar-refractivity contribution in [1.82, 2.24) is 3.97 Å². The number of aromatic nitrogens is 1. The van der Waals surface area contributed by atoms with Gasteiger partial charge in [-0.1, -0.05) is 47.5 Å². The zero-order valence-corrected chi connectivity index (χ0v) is 13.3. The molecule has 0 aliphatic heterocycles. The Morgan fingerprint density at radius 3 is 1.86 bits per heavy atom. The van der Waals surface area contributed by atoms with Gasteiger partial charge in [0, 0.05) is 18.0 Å². The van der Waals surface area contributed by atoms with Gasteiger partial charge in [0.2, 0.25) is 0 Å². The van der Waals surface area contributed by atoms with Crippen molar-refractivity contribution >= 4 is 10.0 Å². The molecule has 3 rings (SSSR count). The molecule has 0 amide bonds. The topological polar surface area (TPSA) is 39.1 Å². The molecular weight excluding hydrogens is 294 g/mol. The smallest absolute Gasteiger partial charge is 0.248 e. The summed E-state index contributed by atoms with van der Waals surface area (Å²) in [5.74, 6) is 0. The minimum absolute atomic E-state index is 0.296. The minimum Gasteiger partial charge on any atom is -0.248 e. The SMILES string of the molecule is Cc1ccc(-c2ccn(S(=O)(=O)c3ccc(C)cc3)c2)cc1. The maximum Gasteiger partial charge on any atom is 0.267 e. The van der Waals surface area contributed by atoms with E-state index in [1.165, 1.54) is 9.54 Å². The second-order valence-corrected chi connectivity index (χ2v) is 7.26. The Morgan fingerprint density at radius 1 is 0.727 bits per heavy atom. The van der Waals surface area contributed by atoms with Gasteiger partial charge in [-0.2, -0.15) is 0 Å². The van der Waals surface area contributed by atoms with Crippen LogP contribution in [0.4, 0.5) is 0 Å². The van der Waals surface area contributed by atoms with Crippen LogP contribution in [-0.4, -0.2) is 12.4 Å². The van der Waals surface area contributed by atoms with Gasteiger partial charge in [-0.3, -0.25) is 0 Å². The summed E-state index contributed by atoms with van der Waals surface area (Å²) in [5, 5.41) is 0. The Kier molecular flexibility index (Phi) is 3.62. The van der Waals surface area contributed by atoms with Crippen molar-refractivity contribution in [3.63, 3.8) is 0 Å². The number of rotatable bonds is 3. The monoisotopic (exact) mass is 311 g/mol. The van der Waals surface area contributed by atoms with Crippen LogP contribution in [0.15, 0.2) is 71.9 Å². The highest BCUT2D eigenvalue weighted by Crippen LogP contribution is 2.23. The molecule has 0 saturated carbocycles. The van der Waals surface area contributed by atoms with Gasteiger partial charge in [0.05, 0.1) is 4.90 Å². The normalized spacial score (nSPS) is 11.5. The molecule has 3 aromatic rings. The van der Waals surface area contributed by atoms with E-state index < -0.39 is 10.0 Å². The molecule has 4 heteroatoms. The Hall–Kier alpha value is -2.33. The van der Waals surface area contributed by atoms with Crippen LogP contribution in [-0.2, 0) is 10.0 Å². The third-order valence-electron chi connectivity index (χ3n) is 3.65. The summed E-state index contributed by atoms with van der Waals surface area (Å²) in [4.78, 5) is 0.296. The van der Waals surface area contributed by atoms with Crippen LogP contribution in [0.3, 0.4) is 0 Å². The van der Waals surface area contributed by atoms with E-state index >= 15 is 0 Å². The van der Waals surface area contributed by atoms with E-state index in [1.54, 1.807) is 36.7 Å². The third kappa shape index (κ3) is 2.70. The summed E-state index contributed by atoms with van der Waals surface area (Å²) in [7, 11) is -3.53. The average molecular weight is 311 g/mol. The molecule has 0 unspecified atom stereocenters. The lowest BCUT2D eigenvalue weighted by molar-refractivity contribution is 0.587. The molecule has 0 atom stereocenters. The molecule has 0 spiro atoms. The molecular formula is C18H17NO2S. The molecule has 22 heavy (non-hydrogen) atoms. The quantitative estimate of drug-likeness (QED) is 0.733. The summed E-state index contributed by atoms with van der Waals surface area (Å²) < 4.78 is 26.5. The van der Waals surface area contributed by atoms with Crippen LogP contribution >= 0.6 is 0 Å². The van der Waals surface area contributed by atoms with Gasteiger partial charge in [0.25, 0.3) is 10.0 Å². The second-order valence-electron chi connectivity index (χ2n) is 5.41. The van der Waals surface area contributed by atoms with Crippen molar-refractivity contribution < 1.29 is 8.42 Å². The number of benzene rings is 2. The largest absolute Gasteiger partial charge is 0.267 e. The van der Waals surface area contributed by atoms with Gasteiger partial charge in [0.15, 0.2) is 0 Å². The van der Waals surface area contributed by atoms with E-state index in [2.05, 4.69) is 0 Å². The minimum atomic E-state index is -3.53. The highest BCUT2D eigenvalue weighted by atomic mass is 32.2. The predicted octanol–water partition coefficient (Wildman–Crippen LogP) is 4.01. The van der Waals surface area contributed by atoms with Crippen LogP contribution in [0.2, 0.25) is 0 Å². The zero-order chi connectivity index (χ0) is 15.7. The molecule has 3 nitrogen and oxygen atoms in total. The van der Waals surface area contributed by atoms with Gasteiger partial charge in [-0.05, 0) is 37.6 Å². The molecule has 112 valence electrons. The van der Waals surface area contributed by atoms with E-state index in [0.717, 1.165) is 16.7 Å². The average Bonchev–Trinajstić information content (AvgIpc) is 2.99. The number of nitrogens with zero attached hydrogens (tertiary/aromatic N) is 1. The lowest BCUT2D eigenvalue weighted by atomic mass is 10.1. The fourth-order valence-electron chi connectivity index (χ4n) is 2.28. The first kappa shape index (κ1) is 14.6. The molecule has 0 aliphatic carbocycles. The number of aryl methyl sites for hydroxylation is 2. The third-order valence-corrected chi connectivity index (χ3v) is 5.30. The Bertz CT molecular complexity index is 889. The van der Waals surface area contributed by atoms with Crippen molar-refractivity contribution in [3.05, 3.63) is 78.1 Å². The Labute approximate surface area is 130 Å². The second kappa shape index (κ2) is 5.46. The van der Waals surface area contributed by atoms with Gasteiger partial charge >= 0.3 is 0 Å². The van der Waals surface area contributed by atoms with Crippen LogP contribution in [0.25, 0.3) is 11.1 Å². The number of hydrogen-bond acceptors (Lipinski definition) is 2. The standard InChI is InChI=1S/C18H17NO2S/c1-14-3-7-16(8-4-14)17-11-12-19(13-17)22(20,21)18-9-5-15(2)6-10-18/h3-13H,1-2H3. The van der Waals surface area contributed by atoms with Gasteiger partial charge in [-0.25, -0.2) is 12.4 Å². The Morgan fingerprint density at radius 2 is 1.27 bits per heavy atom. The summed E-state index contributed by atoms with van der Waals surface area (Å²) in [6.45, 7) is 3.96. The van der Waals surface area contributed by atoms with E-state index in [-0.39, 0.29) is 0 Å². The summed E-state index contributed by atoms with van der Waals surface area (Å²) in [5.41, 5.74) is 4.10. The van der Waals surface area contributed by atoms with Crippen molar-refractivity contribution in [1.29, 1.82) is 0 Å². The van der Waals surface area contributed by atoms with Crippen LogP contribution in [0.1, 0.15) is 11.1 Å². The van der Waals surface area contributed by atoms with E-state index in [4.69, 9.17) is 0 Å². The maximum absolute atomic E-state index is 12.6. The first-order valence-electron chi connectivity index (χ1n) is 7.04. The van der Waals surface area contributed by atoms with Gasteiger partial charge in [-0.15, -0.1) is 0 Å². The van der Waals surface area contributed by atoms with E-state index in [9.17, 15) is 8.42 Å². The van der Waals surface area contributed by atoms with Crippen LogP contribution < -0.4 is 0 Å². The Balaban J connectivity index is 1.99. The maximum atomic E-state index is 12.6. The predicted molar refractivity (Wildman–Crippen MR) is 88.4 cm³/mol. The van der Waals surface area contributed by atoms with E-state index in [0.29, 0.717) is 4.90 Å². The van der Waals surface area contributed by atoms with Crippen molar-refractivity contribution in [3.8, 4) is 11.1 Å². The summed E-state index contributed by atoms with van der Waals surface area (Å²) in [6, 6.07) is 16.7. The molecule has 1 heterocycles.